The number of aromatic nitrogens is 1. The highest BCUT2D eigenvalue weighted by Gasteiger charge is 2.24. The van der Waals surface area contributed by atoms with Crippen LogP contribution in [0, 0.1) is 12.3 Å². The third kappa shape index (κ3) is 4.81. The Kier molecular flexibility index (Phi) is 6.25. The highest BCUT2D eigenvalue weighted by Crippen LogP contribution is 2.24. The number of carbonyl (C=O) groups is 1. The highest BCUT2D eigenvalue weighted by atomic mass is 16.1. The maximum absolute atomic E-state index is 12.0. The molecule has 1 aromatic heterocycles. The molecule has 3 N–H and O–H groups in total. The zero-order chi connectivity index (χ0) is 18.5. The van der Waals surface area contributed by atoms with Gasteiger partial charge in [-0.25, -0.2) is 4.98 Å². The first kappa shape index (κ1) is 18.8. The number of hydrogen-bond acceptors (Lipinski definition) is 5. The average molecular weight is 358 g/mol. The number of hydrogen-bond donors (Lipinski definition) is 3. The molecular weight excluding hydrogens is 326 g/mol. The van der Waals surface area contributed by atoms with Crippen molar-refractivity contribution in [3.8, 4) is 0 Å². The number of nitrogens with one attached hydrogen (secondary N) is 3. The van der Waals surface area contributed by atoms with Gasteiger partial charge in [-0.05, 0) is 51.2 Å². The summed E-state index contributed by atoms with van der Waals surface area (Å²) >= 11 is 0. The summed E-state index contributed by atoms with van der Waals surface area (Å²) in [4.78, 5) is 18.9. The van der Waals surface area contributed by atoms with Gasteiger partial charge in [0, 0.05) is 31.4 Å². The SMILES string of the molecule is CC(=N)NC(=O)c1cnc(N2CCC(NC3CCCCC3)CC2)c(C)c1. The van der Waals surface area contributed by atoms with Gasteiger partial charge in [-0.3, -0.25) is 10.2 Å². The molecule has 1 saturated carbocycles. The number of amidine groups is 1. The van der Waals surface area contributed by atoms with Crippen molar-refractivity contribution in [2.45, 2.75) is 70.9 Å². The Morgan fingerprint density at radius 2 is 1.81 bits per heavy atom. The molecule has 1 saturated heterocycles. The molecule has 2 aliphatic rings. The van der Waals surface area contributed by atoms with Gasteiger partial charge in [0.25, 0.3) is 5.91 Å². The van der Waals surface area contributed by atoms with Crippen molar-refractivity contribution >= 4 is 17.6 Å². The van der Waals surface area contributed by atoms with E-state index in [4.69, 9.17) is 5.41 Å². The third-order valence-electron chi connectivity index (χ3n) is 5.48. The smallest absolute Gasteiger partial charge is 0.258 e. The molecule has 6 nitrogen and oxygen atoms in total. The topological polar surface area (TPSA) is 81.1 Å². The molecular formula is C20H31N5O. The van der Waals surface area contributed by atoms with E-state index in [0.717, 1.165) is 43.4 Å². The zero-order valence-electron chi connectivity index (χ0n) is 16.0. The van der Waals surface area contributed by atoms with Gasteiger partial charge in [0.2, 0.25) is 0 Å². The Balaban J connectivity index is 1.55. The average Bonchev–Trinajstić information content (AvgIpc) is 2.63. The summed E-state index contributed by atoms with van der Waals surface area (Å²) in [7, 11) is 0. The molecule has 1 aromatic rings. The van der Waals surface area contributed by atoms with Crippen molar-refractivity contribution in [1.82, 2.24) is 15.6 Å². The second-order valence-electron chi connectivity index (χ2n) is 7.71. The van der Waals surface area contributed by atoms with E-state index in [2.05, 4.69) is 20.5 Å². The number of nitrogens with zero attached hydrogens (tertiary/aromatic N) is 2. The molecule has 6 heteroatoms. The second-order valence-corrected chi connectivity index (χ2v) is 7.71. The van der Waals surface area contributed by atoms with Crippen LogP contribution in [0.5, 0.6) is 0 Å². The Labute approximate surface area is 156 Å². The lowest BCUT2D eigenvalue weighted by atomic mass is 9.93. The molecule has 0 spiro atoms. The van der Waals surface area contributed by atoms with E-state index in [9.17, 15) is 4.79 Å². The monoisotopic (exact) mass is 357 g/mol. The zero-order valence-corrected chi connectivity index (χ0v) is 16.0. The van der Waals surface area contributed by atoms with Crippen LogP contribution < -0.4 is 15.5 Å². The number of piperidine rings is 1. The maximum atomic E-state index is 12.0. The van der Waals surface area contributed by atoms with Crippen LogP contribution in [0.4, 0.5) is 5.82 Å². The molecule has 1 amide bonds. The molecule has 26 heavy (non-hydrogen) atoms. The van der Waals surface area contributed by atoms with Crippen molar-refractivity contribution in [3.63, 3.8) is 0 Å². The van der Waals surface area contributed by atoms with Gasteiger partial charge < -0.3 is 15.5 Å². The fourth-order valence-electron chi connectivity index (χ4n) is 4.13. The first-order valence-corrected chi connectivity index (χ1v) is 9.87. The lowest BCUT2D eigenvalue weighted by Crippen LogP contribution is -2.47. The van der Waals surface area contributed by atoms with Crippen LogP contribution in [0.1, 0.15) is 67.8 Å². The molecule has 0 aromatic carbocycles. The molecule has 1 aliphatic carbocycles. The number of rotatable bonds is 4. The number of carbonyl (C=O) groups excluding carboxylic acids is 1. The number of pyridine rings is 1. The van der Waals surface area contributed by atoms with Gasteiger partial charge in [-0.1, -0.05) is 19.3 Å². The minimum absolute atomic E-state index is 0.143. The Hall–Kier alpha value is -1.95. The minimum atomic E-state index is -0.268. The van der Waals surface area contributed by atoms with E-state index in [1.54, 1.807) is 13.1 Å². The number of anilines is 1. The standard InChI is InChI=1S/C20H31N5O/c1-14-12-16(20(26)23-15(2)21)13-22-19(14)25-10-8-18(9-11-25)24-17-6-4-3-5-7-17/h12-13,17-18,24H,3-11H2,1-2H3,(H2,21,23,26). The lowest BCUT2D eigenvalue weighted by Gasteiger charge is -2.36. The van der Waals surface area contributed by atoms with Crippen LogP contribution >= 0.6 is 0 Å². The fraction of sp³-hybridized carbons (Fsp3) is 0.650. The van der Waals surface area contributed by atoms with E-state index < -0.39 is 0 Å². The minimum Gasteiger partial charge on any atom is -0.356 e. The van der Waals surface area contributed by atoms with Crippen LogP contribution in [0.15, 0.2) is 12.3 Å². The fourth-order valence-corrected chi connectivity index (χ4v) is 4.13. The summed E-state index contributed by atoms with van der Waals surface area (Å²) in [5.41, 5.74) is 1.52. The molecule has 0 atom stereocenters. The molecule has 3 rings (SSSR count). The summed E-state index contributed by atoms with van der Waals surface area (Å²) in [6.45, 7) is 5.56. The Morgan fingerprint density at radius 1 is 1.15 bits per heavy atom. The Morgan fingerprint density at radius 3 is 2.42 bits per heavy atom. The molecule has 0 radical (unpaired) electrons. The van der Waals surface area contributed by atoms with Gasteiger partial charge in [-0.15, -0.1) is 0 Å². The summed E-state index contributed by atoms with van der Waals surface area (Å²) in [6, 6.07) is 3.21. The highest BCUT2D eigenvalue weighted by molar-refractivity contribution is 6.04. The number of amides is 1. The summed E-state index contributed by atoms with van der Waals surface area (Å²) in [6.07, 6.45) is 10.7. The summed E-state index contributed by atoms with van der Waals surface area (Å²) < 4.78 is 0. The Bertz CT molecular complexity index is 646. The van der Waals surface area contributed by atoms with E-state index in [1.807, 2.05) is 13.0 Å². The normalized spacial score (nSPS) is 19.4. The third-order valence-corrected chi connectivity index (χ3v) is 5.48. The summed E-state index contributed by atoms with van der Waals surface area (Å²) in [5, 5.41) is 13.8. The van der Waals surface area contributed by atoms with Crippen molar-refractivity contribution in [1.29, 1.82) is 5.41 Å². The quantitative estimate of drug-likeness (QED) is 0.571. The first-order chi connectivity index (χ1) is 12.5. The van der Waals surface area contributed by atoms with Crippen LogP contribution in [-0.4, -0.2) is 41.9 Å². The van der Waals surface area contributed by atoms with E-state index in [-0.39, 0.29) is 11.7 Å². The molecule has 1 aliphatic heterocycles. The van der Waals surface area contributed by atoms with Crippen LogP contribution in [-0.2, 0) is 0 Å². The van der Waals surface area contributed by atoms with Crippen LogP contribution in [0.3, 0.4) is 0 Å². The van der Waals surface area contributed by atoms with Gasteiger partial charge >= 0.3 is 0 Å². The van der Waals surface area contributed by atoms with E-state index >= 15 is 0 Å². The summed E-state index contributed by atoms with van der Waals surface area (Å²) in [5.74, 6) is 0.851. The van der Waals surface area contributed by atoms with Crippen molar-refractivity contribution in [3.05, 3.63) is 23.4 Å². The number of aryl methyl sites for hydroxylation is 1. The van der Waals surface area contributed by atoms with Gasteiger partial charge in [0.1, 0.15) is 5.82 Å². The van der Waals surface area contributed by atoms with Crippen LogP contribution in [0.25, 0.3) is 0 Å². The second kappa shape index (κ2) is 8.62. The van der Waals surface area contributed by atoms with Crippen LogP contribution in [0.2, 0.25) is 0 Å². The van der Waals surface area contributed by atoms with Crippen molar-refractivity contribution < 1.29 is 4.79 Å². The predicted octanol–water partition coefficient (Wildman–Crippen LogP) is 3.01. The molecule has 0 bridgehead atoms. The maximum Gasteiger partial charge on any atom is 0.258 e. The van der Waals surface area contributed by atoms with Crippen molar-refractivity contribution in [2.24, 2.45) is 0 Å². The molecule has 0 unspecified atom stereocenters. The predicted molar refractivity (Wildman–Crippen MR) is 105 cm³/mol. The lowest BCUT2D eigenvalue weighted by molar-refractivity contribution is 0.0976. The van der Waals surface area contributed by atoms with Crippen molar-refractivity contribution in [2.75, 3.05) is 18.0 Å². The molecule has 2 fully saturated rings. The van der Waals surface area contributed by atoms with Gasteiger partial charge in [0.15, 0.2) is 0 Å². The molecule has 2 heterocycles. The first-order valence-electron chi connectivity index (χ1n) is 9.87. The van der Waals surface area contributed by atoms with Gasteiger partial charge in [-0.2, -0.15) is 0 Å². The molecule has 142 valence electrons. The van der Waals surface area contributed by atoms with Gasteiger partial charge in [0.05, 0.1) is 11.4 Å². The van der Waals surface area contributed by atoms with E-state index in [1.165, 1.54) is 32.1 Å². The van der Waals surface area contributed by atoms with E-state index in [0.29, 0.717) is 11.6 Å². The largest absolute Gasteiger partial charge is 0.356 e.